The van der Waals surface area contributed by atoms with Crippen LogP contribution in [0.5, 0.6) is 0 Å². The maximum Gasteiger partial charge on any atom is 0.129 e. The van der Waals surface area contributed by atoms with Gasteiger partial charge in [-0.15, -0.1) is 0 Å². The fourth-order valence-electron chi connectivity index (χ4n) is 2.19. The van der Waals surface area contributed by atoms with Gasteiger partial charge in [0.25, 0.3) is 0 Å². The number of nitrogens with zero attached hydrogens (tertiary/aromatic N) is 1. The van der Waals surface area contributed by atoms with Crippen LogP contribution < -0.4 is 5.32 Å². The van der Waals surface area contributed by atoms with Crippen molar-refractivity contribution in [3.05, 3.63) is 22.3 Å². The van der Waals surface area contributed by atoms with E-state index in [0.29, 0.717) is 12.5 Å². The number of aromatic nitrogens is 1. The van der Waals surface area contributed by atoms with Crippen LogP contribution in [0.3, 0.4) is 0 Å². The normalized spacial score (nSPS) is 18.6. The second kappa shape index (κ2) is 6.50. The summed E-state index contributed by atoms with van der Waals surface area (Å²) in [5.41, 5.74) is 1.07. The van der Waals surface area contributed by atoms with Crippen LogP contribution in [0.4, 0.5) is 5.82 Å². The Morgan fingerprint density at radius 1 is 1.56 bits per heavy atom. The molecule has 18 heavy (non-hydrogen) atoms. The van der Waals surface area contributed by atoms with Crippen LogP contribution in [-0.2, 0) is 4.74 Å². The quantitative estimate of drug-likeness (QED) is 0.895. The molecule has 1 aromatic rings. The van der Waals surface area contributed by atoms with Crippen LogP contribution in [0.2, 0.25) is 0 Å². The Hall–Kier alpha value is -0.650. The van der Waals surface area contributed by atoms with Crippen molar-refractivity contribution in [3.8, 4) is 0 Å². The van der Waals surface area contributed by atoms with Crippen molar-refractivity contribution >= 4 is 21.7 Å². The Kier molecular flexibility index (Phi) is 4.97. The van der Waals surface area contributed by atoms with Crippen LogP contribution in [0.15, 0.2) is 16.7 Å². The molecule has 2 N–H and O–H groups in total. The first kappa shape index (κ1) is 13.8. The Bertz CT molecular complexity index is 395. The van der Waals surface area contributed by atoms with E-state index < -0.39 is 0 Å². The van der Waals surface area contributed by atoms with Crippen molar-refractivity contribution in [3.63, 3.8) is 0 Å². The van der Waals surface area contributed by atoms with E-state index >= 15 is 0 Å². The SMILES string of the molecule is Cc1cc(Br)cnc1NCC(O)C1CCOCC1. The maximum atomic E-state index is 10.1. The van der Waals surface area contributed by atoms with Gasteiger partial charge in [-0.3, -0.25) is 0 Å². The molecule has 0 aliphatic carbocycles. The number of pyridine rings is 1. The number of ether oxygens (including phenoxy) is 1. The number of aryl methyl sites for hydroxylation is 1. The van der Waals surface area contributed by atoms with Gasteiger partial charge < -0.3 is 15.2 Å². The average molecular weight is 315 g/mol. The zero-order chi connectivity index (χ0) is 13.0. The molecule has 100 valence electrons. The molecule has 2 heterocycles. The van der Waals surface area contributed by atoms with Gasteiger partial charge in [-0.1, -0.05) is 0 Å². The van der Waals surface area contributed by atoms with E-state index in [9.17, 15) is 5.11 Å². The summed E-state index contributed by atoms with van der Waals surface area (Å²) >= 11 is 3.39. The highest BCUT2D eigenvalue weighted by atomic mass is 79.9. The molecule has 0 radical (unpaired) electrons. The van der Waals surface area contributed by atoms with Gasteiger partial charge in [-0.2, -0.15) is 0 Å². The summed E-state index contributed by atoms with van der Waals surface area (Å²) in [5.74, 6) is 1.17. The molecule has 0 amide bonds. The summed E-state index contributed by atoms with van der Waals surface area (Å²) in [6.45, 7) is 4.07. The van der Waals surface area contributed by atoms with Gasteiger partial charge in [0.1, 0.15) is 5.82 Å². The van der Waals surface area contributed by atoms with Gasteiger partial charge in [0.15, 0.2) is 0 Å². The number of aliphatic hydroxyl groups excluding tert-OH is 1. The predicted octanol–water partition coefficient (Wildman–Crippen LogP) is 2.35. The summed E-state index contributed by atoms with van der Waals surface area (Å²) in [7, 11) is 0. The van der Waals surface area contributed by atoms with Crippen molar-refractivity contribution in [2.45, 2.75) is 25.9 Å². The van der Waals surface area contributed by atoms with Crippen LogP contribution in [0.25, 0.3) is 0 Å². The average Bonchev–Trinajstić information content (AvgIpc) is 2.38. The first-order chi connectivity index (χ1) is 8.66. The topological polar surface area (TPSA) is 54.4 Å². The van der Waals surface area contributed by atoms with E-state index in [0.717, 1.165) is 41.9 Å². The fraction of sp³-hybridized carbons (Fsp3) is 0.615. The maximum absolute atomic E-state index is 10.1. The lowest BCUT2D eigenvalue weighted by molar-refractivity contribution is 0.0131. The molecular formula is C13H19BrN2O2. The lowest BCUT2D eigenvalue weighted by atomic mass is 9.94. The first-order valence-corrected chi connectivity index (χ1v) is 7.08. The molecule has 1 unspecified atom stereocenters. The van der Waals surface area contributed by atoms with Crippen LogP contribution in [0.1, 0.15) is 18.4 Å². The summed E-state index contributed by atoms with van der Waals surface area (Å²) in [6, 6.07) is 2.01. The first-order valence-electron chi connectivity index (χ1n) is 6.28. The van der Waals surface area contributed by atoms with Gasteiger partial charge in [-0.05, 0) is 53.2 Å². The fourth-order valence-corrected chi connectivity index (χ4v) is 2.64. The van der Waals surface area contributed by atoms with Gasteiger partial charge in [0.05, 0.1) is 6.10 Å². The third-order valence-corrected chi connectivity index (χ3v) is 3.77. The number of nitrogens with one attached hydrogen (secondary N) is 1. The molecule has 4 nitrogen and oxygen atoms in total. The Morgan fingerprint density at radius 2 is 2.28 bits per heavy atom. The highest BCUT2D eigenvalue weighted by Crippen LogP contribution is 2.20. The number of aliphatic hydroxyl groups is 1. The van der Waals surface area contributed by atoms with E-state index in [1.54, 1.807) is 6.20 Å². The van der Waals surface area contributed by atoms with Crippen molar-refractivity contribution in [2.24, 2.45) is 5.92 Å². The highest BCUT2D eigenvalue weighted by molar-refractivity contribution is 9.10. The standard InChI is InChI=1S/C13H19BrN2O2/c1-9-6-11(14)7-15-13(9)16-8-12(17)10-2-4-18-5-3-10/h6-7,10,12,17H,2-5,8H2,1H3,(H,15,16). The summed E-state index contributed by atoms with van der Waals surface area (Å²) < 4.78 is 6.26. The number of rotatable bonds is 4. The smallest absolute Gasteiger partial charge is 0.129 e. The van der Waals surface area contributed by atoms with Crippen molar-refractivity contribution in [1.29, 1.82) is 0 Å². The largest absolute Gasteiger partial charge is 0.391 e. The molecule has 1 aliphatic heterocycles. The number of anilines is 1. The lowest BCUT2D eigenvalue weighted by Crippen LogP contribution is -2.32. The van der Waals surface area contributed by atoms with Crippen LogP contribution in [-0.4, -0.2) is 36.0 Å². The minimum Gasteiger partial charge on any atom is -0.391 e. The molecular weight excluding hydrogens is 296 g/mol. The van der Waals surface area contributed by atoms with Gasteiger partial charge >= 0.3 is 0 Å². The monoisotopic (exact) mass is 314 g/mol. The zero-order valence-electron chi connectivity index (χ0n) is 10.5. The minimum absolute atomic E-state index is 0.334. The predicted molar refractivity (Wildman–Crippen MR) is 74.7 cm³/mol. The molecule has 1 aromatic heterocycles. The van der Waals surface area contributed by atoms with Crippen LogP contribution in [0, 0.1) is 12.8 Å². The summed E-state index contributed by atoms with van der Waals surface area (Å²) in [5, 5.41) is 13.3. The van der Waals surface area contributed by atoms with E-state index in [-0.39, 0.29) is 6.10 Å². The van der Waals surface area contributed by atoms with Gasteiger partial charge in [0.2, 0.25) is 0 Å². The Labute approximate surface area is 116 Å². The molecule has 1 fully saturated rings. The molecule has 0 spiro atoms. The number of hydrogen-bond acceptors (Lipinski definition) is 4. The molecule has 1 aliphatic rings. The van der Waals surface area contributed by atoms with Crippen LogP contribution >= 0.6 is 15.9 Å². The van der Waals surface area contributed by atoms with Crippen molar-refractivity contribution < 1.29 is 9.84 Å². The van der Waals surface area contributed by atoms with E-state index in [1.165, 1.54) is 0 Å². The Morgan fingerprint density at radius 3 is 2.94 bits per heavy atom. The van der Waals surface area contributed by atoms with Gasteiger partial charge in [-0.25, -0.2) is 4.98 Å². The molecule has 0 saturated carbocycles. The second-order valence-electron chi connectivity index (χ2n) is 4.72. The lowest BCUT2D eigenvalue weighted by Gasteiger charge is -2.27. The third kappa shape index (κ3) is 3.67. The molecule has 1 saturated heterocycles. The zero-order valence-corrected chi connectivity index (χ0v) is 12.1. The molecule has 0 aromatic carbocycles. The Balaban J connectivity index is 1.86. The number of halogens is 1. The summed E-state index contributed by atoms with van der Waals surface area (Å²) in [4.78, 5) is 4.30. The van der Waals surface area contributed by atoms with Crippen molar-refractivity contribution in [2.75, 3.05) is 25.1 Å². The molecule has 0 bridgehead atoms. The molecule has 1 atom stereocenters. The van der Waals surface area contributed by atoms with E-state index in [4.69, 9.17) is 4.74 Å². The van der Waals surface area contributed by atoms with Crippen molar-refractivity contribution in [1.82, 2.24) is 4.98 Å². The highest BCUT2D eigenvalue weighted by Gasteiger charge is 2.21. The number of hydrogen-bond donors (Lipinski definition) is 2. The third-order valence-electron chi connectivity index (χ3n) is 3.33. The van der Waals surface area contributed by atoms with Gasteiger partial charge in [0, 0.05) is 30.4 Å². The minimum atomic E-state index is -0.334. The molecule has 2 rings (SSSR count). The van der Waals surface area contributed by atoms with E-state index in [1.807, 2.05) is 13.0 Å². The second-order valence-corrected chi connectivity index (χ2v) is 5.63. The summed E-state index contributed by atoms with van der Waals surface area (Å²) in [6.07, 6.45) is 3.31. The molecule has 5 heteroatoms. The van der Waals surface area contributed by atoms with E-state index in [2.05, 4.69) is 26.2 Å².